The normalized spacial score (nSPS) is 11.8. The molecule has 20 heavy (non-hydrogen) atoms. The smallest absolute Gasteiger partial charge is 0.323 e. The van der Waals surface area contributed by atoms with Crippen LogP contribution in [0.1, 0.15) is 20.3 Å². The second kappa shape index (κ2) is 7.09. The molecule has 0 aliphatic carbocycles. The molecule has 1 atom stereocenters. The van der Waals surface area contributed by atoms with Crippen molar-refractivity contribution in [1.29, 1.82) is 0 Å². The third-order valence-electron chi connectivity index (χ3n) is 2.86. The van der Waals surface area contributed by atoms with Crippen LogP contribution in [0.3, 0.4) is 0 Å². The van der Waals surface area contributed by atoms with Crippen LogP contribution in [-0.2, 0) is 4.79 Å². The summed E-state index contributed by atoms with van der Waals surface area (Å²) in [5.41, 5.74) is -0.0822. The highest BCUT2D eigenvalue weighted by atomic mass is 35.5. The van der Waals surface area contributed by atoms with E-state index >= 15 is 0 Å². The molecular weight excluding hydrogens is 287 g/mol. The van der Waals surface area contributed by atoms with Crippen LogP contribution in [0, 0.1) is 5.82 Å². The van der Waals surface area contributed by atoms with Gasteiger partial charge >= 0.3 is 12.0 Å². The van der Waals surface area contributed by atoms with Crippen LogP contribution in [0.15, 0.2) is 18.2 Å². The number of carbonyl (C=O) groups excluding carboxylic acids is 1. The molecule has 1 unspecified atom stereocenters. The fraction of sp³-hybridized carbons (Fsp3) is 0.385. The average molecular weight is 303 g/mol. The molecule has 1 aromatic carbocycles. The number of amides is 2. The van der Waals surface area contributed by atoms with Crippen LogP contribution in [0.2, 0.25) is 5.02 Å². The lowest BCUT2D eigenvalue weighted by Gasteiger charge is -2.27. The summed E-state index contributed by atoms with van der Waals surface area (Å²) in [6.07, 6.45) is 0.582. The molecule has 0 spiro atoms. The first kappa shape index (κ1) is 16.2. The predicted molar refractivity (Wildman–Crippen MR) is 74.5 cm³/mol. The van der Waals surface area contributed by atoms with Gasteiger partial charge in [0.1, 0.15) is 12.4 Å². The molecular formula is C13H16ClFN2O3. The molecule has 5 nitrogen and oxygen atoms in total. The topological polar surface area (TPSA) is 69.6 Å². The summed E-state index contributed by atoms with van der Waals surface area (Å²) in [6.45, 7) is 3.09. The largest absolute Gasteiger partial charge is 0.480 e. The molecule has 0 radical (unpaired) electrons. The molecule has 0 aliphatic heterocycles. The van der Waals surface area contributed by atoms with Crippen molar-refractivity contribution in [2.24, 2.45) is 0 Å². The van der Waals surface area contributed by atoms with Gasteiger partial charge in [0.15, 0.2) is 0 Å². The summed E-state index contributed by atoms with van der Waals surface area (Å²) in [4.78, 5) is 24.0. The van der Waals surface area contributed by atoms with Gasteiger partial charge < -0.3 is 15.3 Å². The van der Waals surface area contributed by atoms with E-state index in [1.54, 1.807) is 6.92 Å². The monoisotopic (exact) mass is 302 g/mol. The molecule has 1 aromatic rings. The number of hydrogen-bond acceptors (Lipinski definition) is 2. The van der Waals surface area contributed by atoms with Crippen molar-refractivity contribution in [3.8, 4) is 0 Å². The molecule has 0 saturated carbocycles. The van der Waals surface area contributed by atoms with Gasteiger partial charge in [0, 0.05) is 11.1 Å². The number of halogens is 2. The fourth-order valence-electron chi connectivity index (χ4n) is 1.57. The van der Waals surface area contributed by atoms with Gasteiger partial charge in [0.2, 0.25) is 0 Å². The number of carboxylic acid groups (broad SMARTS) is 1. The molecule has 2 amide bonds. The van der Waals surface area contributed by atoms with Gasteiger partial charge in [-0.2, -0.15) is 0 Å². The van der Waals surface area contributed by atoms with E-state index in [-0.39, 0.29) is 16.8 Å². The molecule has 0 aliphatic rings. The highest BCUT2D eigenvalue weighted by molar-refractivity contribution is 6.30. The van der Waals surface area contributed by atoms with Crippen molar-refractivity contribution in [1.82, 2.24) is 4.90 Å². The Morgan fingerprint density at radius 3 is 2.70 bits per heavy atom. The Labute approximate surface area is 121 Å². The Kier molecular flexibility index (Phi) is 5.76. The average Bonchev–Trinajstić information content (AvgIpc) is 2.39. The van der Waals surface area contributed by atoms with E-state index in [0.29, 0.717) is 6.42 Å². The standard InChI is InChI=1S/C13H16ClFN2O3/c1-3-8(2)17(7-12(18)19)13(20)16-11-6-9(14)4-5-10(11)15/h4-6,8H,3,7H2,1-2H3,(H,16,20)(H,18,19). The lowest BCUT2D eigenvalue weighted by Crippen LogP contribution is -2.44. The predicted octanol–water partition coefficient (Wildman–Crippen LogP) is 3.20. The molecule has 0 aromatic heterocycles. The van der Waals surface area contributed by atoms with Gasteiger partial charge in [-0.25, -0.2) is 9.18 Å². The van der Waals surface area contributed by atoms with E-state index < -0.39 is 24.4 Å². The van der Waals surface area contributed by atoms with Gasteiger partial charge in [-0.1, -0.05) is 18.5 Å². The molecule has 2 N–H and O–H groups in total. The quantitative estimate of drug-likeness (QED) is 0.877. The molecule has 0 heterocycles. The van der Waals surface area contributed by atoms with Gasteiger partial charge in [-0.15, -0.1) is 0 Å². The number of hydrogen-bond donors (Lipinski definition) is 2. The summed E-state index contributed by atoms with van der Waals surface area (Å²) in [7, 11) is 0. The van der Waals surface area contributed by atoms with E-state index in [1.807, 2.05) is 6.92 Å². The van der Waals surface area contributed by atoms with E-state index in [1.165, 1.54) is 12.1 Å². The third kappa shape index (κ3) is 4.38. The summed E-state index contributed by atoms with van der Waals surface area (Å²) in [5, 5.41) is 11.4. The van der Waals surface area contributed by atoms with E-state index in [9.17, 15) is 14.0 Å². The zero-order chi connectivity index (χ0) is 15.3. The van der Waals surface area contributed by atoms with Crippen molar-refractivity contribution in [2.75, 3.05) is 11.9 Å². The maximum atomic E-state index is 13.5. The van der Waals surface area contributed by atoms with Gasteiger partial charge in [0.05, 0.1) is 5.69 Å². The molecule has 0 bridgehead atoms. The highest BCUT2D eigenvalue weighted by Crippen LogP contribution is 2.20. The number of benzene rings is 1. The number of nitrogens with zero attached hydrogens (tertiary/aromatic N) is 1. The SMILES string of the molecule is CCC(C)N(CC(=O)O)C(=O)Nc1cc(Cl)ccc1F. The van der Waals surface area contributed by atoms with Gasteiger partial charge in [0.25, 0.3) is 0 Å². The van der Waals surface area contributed by atoms with E-state index in [4.69, 9.17) is 16.7 Å². The van der Waals surface area contributed by atoms with Crippen molar-refractivity contribution in [2.45, 2.75) is 26.3 Å². The molecule has 110 valence electrons. The van der Waals surface area contributed by atoms with Gasteiger partial charge in [-0.05, 0) is 31.5 Å². The number of carboxylic acids is 1. The lowest BCUT2D eigenvalue weighted by molar-refractivity contribution is -0.138. The number of aliphatic carboxylic acids is 1. The van der Waals surface area contributed by atoms with Crippen LogP contribution in [-0.4, -0.2) is 34.6 Å². The van der Waals surface area contributed by atoms with Crippen LogP contribution >= 0.6 is 11.6 Å². The Balaban J connectivity index is 2.90. The second-order valence-electron chi connectivity index (χ2n) is 4.33. The van der Waals surface area contributed by atoms with Crippen molar-refractivity contribution < 1.29 is 19.1 Å². The van der Waals surface area contributed by atoms with Crippen molar-refractivity contribution >= 4 is 29.3 Å². The van der Waals surface area contributed by atoms with Crippen molar-refractivity contribution in [3.63, 3.8) is 0 Å². The molecule has 1 rings (SSSR count). The summed E-state index contributed by atoms with van der Waals surface area (Å²) >= 11 is 5.73. The minimum Gasteiger partial charge on any atom is -0.480 e. The van der Waals surface area contributed by atoms with E-state index in [2.05, 4.69) is 5.32 Å². The highest BCUT2D eigenvalue weighted by Gasteiger charge is 2.22. The Morgan fingerprint density at radius 1 is 1.50 bits per heavy atom. The lowest BCUT2D eigenvalue weighted by atomic mass is 10.2. The molecule has 0 saturated heterocycles. The third-order valence-corrected chi connectivity index (χ3v) is 3.09. The molecule has 7 heteroatoms. The maximum absolute atomic E-state index is 13.5. The van der Waals surface area contributed by atoms with Crippen LogP contribution in [0.25, 0.3) is 0 Å². The fourth-order valence-corrected chi connectivity index (χ4v) is 1.75. The minimum atomic E-state index is -1.13. The number of carbonyl (C=O) groups is 2. The summed E-state index contributed by atoms with van der Waals surface area (Å²) < 4.78 is 13.5. The van der Waals surface area contributed by atoms with Crippen LogP contribution in [0.4, 0.5) is 14.9 Å². The Bertz CT molecular complexity index is 510. The van der Waals surface area contributed by atoms with Crippen molar-refractivity contribution in [3.05, 3.63) is 29.0 Å². The second-order valence-corrected chi connectivity index (χ2v) is 4.77. The number of rotatable bonds is 5. The Morgan fingerprint density at radius 2 is 2.15 bits per heavy atom. The number of nitrogens with one attached hydrogen (secondary N) is 1. The minimum absolute atomic E-state index is 0.0822. The number of anilines is 1. The zero-order valence-corrected chi connectivity index (χ0v) is 11.9. The summed E-state index contributed by atoms with van der Waals surface area (Å²) in [6, 6.07) is 2.79. The number of urea groups is 1. The van der Waals surface area contributed by atoms with E-state index in [0.717, 1.165) is 11.0 Å². The maximum Gasteiger partial charge on any atom is 0.323 e. The zero-order valence-electron chi connectivity index (χ0n) is 11.2. The Hall–Kier alpha value is -1.82. The van der Waals surface area contributed by atoms with Crippen LogP contribution in [0.5, 0.6) is 0 Å². The van der Waals surface area contributed by atoms with Crippen LogP contribution < -0.4 is 5.32 Å². The first-order valence-corrected chi connectivity index (χ1v) is 6.47. The first-order valence-electron chi connectivity index (χ1n) is 6.09. The van der Waals surface area contributed by atoms with Gasteiger partial charge in [-0.3, -0.25) is 4.79 Å². The summed E-state index contributed by atoms with van der Waals surface area (Å²) in [5.74, 6) is -1.77. The first-order chi connectivity index (χ1) is 9.35. The molecule has 0 fully saturated rings.